The molecule has 0 radical (unpaired) electrons. The van der Waals surface area contributed by atoms with Crippen LogP contribution in [0.15, 0.2) is 22.8 Å². The summed E-state index contributed by atoms with van der Waals surface area (Å²) in [6.45, 7) is 1.77. The Labute approximate surface area is 128 Å². The predicted octanol–water partition coefficient (Wildman–Crippen LogP) is 2.00. The number of aromatic nitrogens is 3. The standard InChI is InChI=1S/C13H18N4O2S2/c1-21(18,19)12-7-15-16-13(12)11-4-2-3-5-17(11)8-10-6-14-9-20-10/h6-7,9,11H,2-5,8H2,1H3,(H,15,16)/t11-/m0/s1. The van der Waals surface area contributed by atoms with Gasteiger partial charge in [0.05, 0.1) is 23.4 Å². The molecular formula is C13H18N4O2S2. The molecule has 2 aromatic heterocycles. The number of nitrogens with one attached hydrogen (secondary N) is 1. The Balaban J connectivity index is 1.89. The summed E-state index contributed by atoms with van der Waals surface area (Å²) in [5.41, 5.74) is 2.55. The summed E-state index contributed by atoms with van der Waals surface area (Å²) < 4.78 is 23.8. The minimum absolute atomic E-state index is 0.0769. The van der Waals surface area contributed by atoms with Crippen LogP contribution in [-0.4, -0.2) is 41.3 Å². The molecule has 0 amide bonds. The maximum absolute atomic E-state index is 11.9. The molecule has 0 spiro atoms. The fraction of sp³-hybridized carbons (Fsp3) is 0.538. The number of piperidine rings is 1. The molecular weight excluding hydrogens is 308 g/mol. The van der Waals surface area contributed by atoms with Gasteiger partial charge in [-0.2, -0.15) is 5.10 Å². The molecule has 0 unspecified atom stereocenters. The summed E-state index contributed by atoms with van der Waals surface area (Å²) >= 11 is 1.63. The fourth-order valence-electron chi connectivity index (χ4n) is 2.85. The van der Waals surface area contributed by atoms with Crippen LogP contribution in [0.25, 0.3) is 0 Å². The van der Waals surface area contributed by atoms with Gasteiger partial charge in [-0.15, -0.1) is 11.3 Å². The Morgan fingerprint density at radius 2 is 2.29 bits per heavy atom. The summed E-state index contributed by atoms with van der Waals surface area (Å²) in [7, 11) is -3.26. The molecule has 0 saturated carbocycles. The normalized spacial score (nSPS) is 20.7. The Morgan fingerprint density at radius 1 is 1.43 bits per heavy atom. The van der Waals surface area contributed by atoms with Crippen molar-refractivity contribution in [1.29, 1.82) is 0 Å². The fourth-order valence-corrected chi connectivity index (χ4v) is 4.29. The molecule has 114 valence electrons. The Bertz CT molecular complexity index is 694. The van der Waals surface area contributed by atoms with E-state index in [2.05, 4.69) is 20.1 Å². The molecule has 1 aliphatic heterocycles. The van der Waals surface area contributed by atoms with Crippen LogP contribution in [0.4, 0.5) is 0 Å². The number of aromatic amines is 1. The quantitative estimate of drug-likeness (QED) is 0.929. The maximum Gasteiger partial charge on any atom is 0.178 e. The van der Waals surface area contributed by atoms with Gasteiger partial charge in [0.15, 0.2) is 9.84 Å². The number of rotatable bonds is 4. The molecule has 0 bridgehead atoms. The van der Waals surface area contributed by atoms with Gasteiger partial charge in [-0.25, -0.2) is 8.42 Å². The van der Waals surface area contributed by atoms with Gasteiger partial charge in [-0.1, -0.05) is 6.42 Å². The predicted molar refractivity (Wildman–Crippen MR) is 80.8 cm³/mol. The third-order valence-electron chi connectivity index (χ3n) is 3.82. The number of nitrogens with zero attached hydrogens (tertiary/aromatic N) is 3. The Morgan fingerprint density at radius 3 is 3.00 bits per heavy atom. The van der Waals surface area contributed by atoms with E-state index in [1.54, 1.807) is 11.3 Å². The summed E-state index contributed by atoms with van der Waals surface area (Å²) in [6.07, 6.45) is 7.72. The lowest BCUT2D eigenvalue weighted by Crippen LogP contribution is -2.33. The van der Waals surface area contributed by atoms with E-state index in [-0.39, 0.29) is 6.04 Å². The van der Waals surface area contributed by atoms with Crippen molar-refractivity contribution in [3.05, 3.63) is 28.5 Å². The van der Waals surface area contributed by atoms with Crippen molar-refractivity contribution in [2.45, 2.75) is 36.7 Å². The van der Waals surface area contributed by atoms with E-state index in [0.29, 0.717) is 4.90 Å². The zero-order valence-electron chi connectivity index (χ0n) is 11.8. The van der Waals surface area contributed by atoms with Crippen LogP contribution < -0.4 is 0 Å². The topological polar surface area (TPSA) is 79.0 Å². The molecule has 2 aromatic rings. The number of thiazole rings is 1. The van der Waals surface area contributed by atoms with E-state index < -0.39 is 9.84 Å². The van der Waals surface area contributed by atoms with E-state index in [4.69, 9.17) is 0 Å². The van der Waals surface area contributed by atoms with E-state index >= 15 is 0 Å². The van der Waals surface area contributed by atoms with Crippen molar-refractivity contribution in [2.24, 2.45) is 0 Å². The first-order chi connectivity index (χ1) is 10.1. The van der Waals surface area contributed by atoms with Crippen molar-refractivity contribution < 1.29 is 8.42 Å². The second kappa shape index (κ2) is 5.86. The van der Waals surface area contributed by atoms with Crippen molar-refractivity contribution in [2.75, 3.05) is 12.8 Å². The van der Waals surface area contributed by atoms with Crippen LogP contribution in [0, 0.1) is 0 Å². The van der Waals surface area contributed by atoms with Gasteiger partial charge in [0.1, 0.15) is 4.90 Å². The van der Waals surface area contributed by atoms with Crippen LogP contribution in [0.5, 0.6) is 0 Å². The largest absolute Gasteiger partial charge is 0.290 e. The van der Waals surface area contributed by atoms with Crippen LogP contribution in [0.1, 0.15) is 35.9 Å². The molecule has 0 aromatic carbocycles. The summed E-state index contributed by atoms with van der Waals surface area (Å²) in [4.78, 5) is 7.95. The second-order valence-corrected chi connectivity index (χ2v) is 8.32. The minimum atomic E-state index is -3.26. The number of hydrogen-bond acceptors (Lipinski definition) is 6. The number of sulfone groups is 1. The smallest absolute Gasteiger partial charge is 0.178 e. The molecule has 1 atom stereocenters. The van der Waals surface area contributed by atoms with Gasteiger partial charge in [-0.3, -0.25) is 15.0 Å². The lowest BCUT2D eigenvalue weighted by atomic mass is 9.99. The number of hydrogen-bond donors (Lipinski definition) is 1. The first kappa shape index (κ1) is 14.7. The van der Waals surface area contributed by atoms with Gasteiger partial charge in [0, 0.05) is 23.9 Å². The van der Waals surface area contributed by atoms with Crippen LogP contribution in [0.2, 0.25) is 0 Å². The Kier molecular flexibility index (Phi) is 4.10. The first-order valence-electron chi connectivity index (χ1n) is 6.90. The summed E-state index contributed by atoms with van der Waals surface area (Å²) in [5.74, 6) is 0. The SMILES string of the molecule is CS(=O)(=O)c1cn[nH]c1[C@@H]1CCCCN1Cc1cncs1. The third kappa shape index (κ3) is 3.17. The minimum Gasteiger partial charge on any atom is -0.290 e. The second-order valence-electron chi connectivity index (χ2n) is 5.37. The van der Waals surface area contributed by atoms with Gasteiger partial charge >= 0.3 is 0 Å². The molecule has 21 heavy (non-hydrogen) atoms. The van der Waals surface area contributed by atoms with E-state index in [0.717, 1.165) is 38.0 Å². The molecule has 1 saturated heterocycles. The van der Waals surface area contributed by atoms with Crippen molar-refractivity contribution in [3.63, 3.8) is 0 Å². The van der Waals surface area contributed by atoms with Crippen LogP contribution in [-0.2, 0) is 16.4 Å². The van der Waals surface area contributed by atoms with Crippen molar-refractivity contribution >= 4 is 21.2 Å². The first-order valence-corrected chi connectivity index (χ1v) is 9.67. The monoisotopic (exact) mass is 326 g/mol. The third-order valence-corrected chi connectivity index (χ3v) is 5.71. The summed E-state index contributed by atoms with van der Waals surface area (Å²) in [6, 6.07) is 0.0769. The van der Waals surface area contributed by atoms with Crippen LogP contribution in [0.3, 0.4) is 0 Å². The zero-order chi connectivity index (χ0) is 14.9. The van der Waals surface area contributed by atoms with Gasteiger partial charge < -0.3 is 0 Å². The van der Waals surface area contributed by atoms with Crippen molar-refractivity contribution in [3.8, 4) is 0 Å². The van der Waals surface area contributed by atoms with Crippen molar-refractivity contribution in [1.82, 2.24) is 20.1 Å². The number of H-pyrrole nitrogens is 1. The van der Waals surface area contributed by atoms with Crippen LogP contribution >= 0.6 is 11.3 Å². The number of likely N-dealkylation sites (tertiary alicyclic amines) is 1. The Hall–Kier alpha value is -1.25. The molecule has 6 nitrogen and oxygen atoms in total. The van der Waals surface area contributed by atoms with Gasteiger partial charge in [0.25, 0.3) is 0 Å². The molecule has 1 aliphatic rings. The highest BCUT2D eigenvalue weighted by molar-refractivity contribution is 7.90. The molecule has 8 heteroatoms. The van der Waals surface area contributed by atoms with E-state index in [9.17, 15) is 8.42 Å². The molecule has 0 aliphatic carbocycles. The molecule has 3 rings (SSSR count). The zero-order valence-corrected chi connectivity index (χ0v) is 13.5. The molecule has 1 N–H and O–H groups in total. The van der Waals surface area contributed by atoms with E-state index in [1.165, 1.54) is 17.3 Å². The highest BCUT2D eigenvalue weighted by Gasteiger charge is 2.30. The van der Waals surface area contributed by atoms with Gasteiger partial charge in [0.2, 0.25) is 0 Å². The summed E-state index contributed by atoms with van der Waals surface area (Å²) in [5, 5.41) is 6.86. The van der Waals surface area contributed by atoms with Gasteiger partial charge in [-0.05, 0) is 19.4 Å². The van der Waals surface area contributed by atoms with E-state index in [1.807, 2.05) is 11.7 Å². The molecule has 1 fully saturated rings. The highest BCUT2D eigenvalue weighted by Crippen LogP contribution is 2.34. The average molecular weight is 326 g/mol. The molecule has 3 heterocycles. The highest BCUT2D eigenvalue weighted by atomic mass is 32.2. The lowest BCUT2D eigenvalue weighted by Gasteiger charge is -2.35. The lowest BCUT2D eigenvalue weighted by molar-refractivity contribution is 0.136. The maximum atomic E-state index is 11.9. The average Bonchev–Trinajstić information content (AvgIpc) is 3.08.